The summed E-state index contributed by atoms with van der Waals surface area (Å²) < 4.78 is 33.7. The van der Waals surface area contributed by atoms with Crippen molar-refractivity contribution in [3.05, 3.63) is 29.8 Å². The molecule has 1 aromatic carbocycles. The molecular formula is C16H22F2N4O2S. The van der Waals surface area contributed by atoms with Gasteiger partial charge in [0.1, 0.15) is 5.75 Å². The number of rotatable bonds is 8. The third-order valence-corrected chi connectivity index (χ3v) is 3.76. The van der Waals surface area contributed by atoms with Gasteiger partial charge in [0, 0.05) is 19.6 Å². The molecule has 1 heterocycles. The molecule has 0 atom stereocenters. The van der Waals surface area contributed by atoms with Crippen LogP contribution in [0.2, 0.25) is 0 Å². The van der Waals surface area contributed by atoms with Gasteiger partial charge in [-0.05, 0) is 55.0 Å². The molecule has 1 aliphatic rings. The highest BCUT2D eigenvalue weighted by Crippen LogP contribution is 2.13. The largest absolute Gasteiger partial charge is 0.435 e. The monoisotopic (exact) mass is 372 g/mol. The highest BCUT2D eigenvalue weighted by Gasteiger charge is 2.09. The number of benzene rings is 1. The molecule has 0 saturated carbocycles. The van der Waals surface area contributed by atoms with Crippen molar-refractivity contribution in [2.24, 2.45) is 5.10 Å². The van der Waals surface area contributed by atoms with E-state index in [4.69, 9.17) is 17.0 Å². The maximum absolute atomic E-state index is 12.1. The van der Waals surface area contributed by atoms with Gasteiger partial charge >= 0.3 is 6.61 Å². The van der Waals surface area contributed by atoms with Crippen molar-refractivity contribution in [1.82, 2.24) is 15.6 Å². The average Bonchev–Trinajstić information content (AvgIpc) is 2.61. The highest BCUT2D eigenvalue weighted by atomic mass is 32.1. The lowest BCUT2D eigenvalue weighted by molar-refractivity contribution is -0.0498. The van der Waals surface area contributed by atoms with Crippen LogP contribution in [0, 0.1) is 0 Å². The Hall–Kier alpha value is -1.84. The summed E-state index contributed by atoms with van der Waals surface area (Å²) in [5, 5.41) is 7.53. The number of ether oxygens (including phenoxy) is 2. The molecule has 1 aromatic rings. The number of alkyl halides is 2. The van der Waals surface area contributed by atoms with Gasteiger partial charge in [0.25, 0.3) is 0 Å². The van der Waals surface area contributed by atoms with Crippen molar-refractivity contribution in [2.45, 2.75) is 13.0 Å². The number of thiocarbonyl (C=S) groups is 1. The van der Waals surface area contributed by atoms with E-state index in [1.54, 1.807) is 18.3 Å². The zero-order valence-electron chi connectivity index (χ0n) is 13.8. The zero-order chi connectivity index (χ0) is 17.9. The third-order valence-electron chi connectivity index (χ3n) is 3.53. The Kier molecular flexibility index (Phi) is 8.50. The number of hydrogen-bond donors (Lipinski definition) is 2. The van der Waals surface area contributed by atoms with Crippen LogP contribution in [0.1, 0.15) is 12.0 Å². The molecule has 1 saturated heterocycles. The molecule has 0 radical (unpaired) electrons. The predicted octanol–water partition coefficient (Wildman–Crippen LogP) is 1.81. The lowest BCUT2D eigenvalue weighted by Gasteiger charge is -2.26. The fourth-order valence-electron chi connectivity index (χ4n) is 2.27. The van der Waals surface area contributed by atoms with Gasteiger partial charge in [-0.2, -0.15) is 13.9 Å². The number of morpholine rings is 1. The van der Waals surface area contributed by atoms with E-state index in [0.717, 1.165) is 51.4 Å². The SMILES string of the molecule is FC(F)Oc1ccc(/C=N\NC(=S)NCCCN2CCOCC2)cc1. The minimum absolute atomic E-state index is 0.109. The Morgan fingerprint density at radius 2 is 2.04 bits per heavy atom. The Morgan fingerprint density at radius 1 is 1.32 bits per heavy atom. The molecule has 6 nitrogen and oxygen atoms in total. The summed E-state index contributed by atoms with van der Waals surface area (Å²) in [7, 11) is 0. The van der Waals surface area contributed by atoms with Crippen molar-refractivity contribution in [2.75, 3.05) is 39.4 Å². The fraction of sp³-hybridized carbons (Fsp3) is 0.500. The molecule has 1 aliphatic heterocycles. The van der Waals surface area contributed by atoms with Crippen molar-refractivity contribution in [3.8, 4) is 5.75 Å². The van der Waals surface area contributed by atoms with E-state index in [-0.39, 0.29) is 5.75 Å². The number of halogens is 2. The van der Waals surface area contributed by atoms with Gasteiger partial charge in [-0.3, -0.25) is 10.3 Å². The first kappa shape index (κ1) is 19.5. The van der Waals surface area contributed by atoms with Crippen molar-refractivity contribution < 1.29 is 18.3 Å². The number of hydrazone groups is 1. The van der Waals surface area contributed by atoms with Crippen molar-refractivity contribution in [1.29, 1.82) is 0 Å². The Labute approximate surface area is 151 Å². The lowest BCUT2D eigenvalue weighted by Crippen LogP contribution is -2.39. The summed E-state index contributed by atoms with van der Waals surface area (Å²) in [6.07, 6.45) is 2.53. The standard InChI is InChI=1S/C16H22F2N4O2S/c17-15(18)24-14-4-2-13(3-5-14)12-20-21-16(25)19-6-1-7-22-8-10-23-11-9-22/h2-5,12,15H,1,6-11H2,(H2,19,21,25)/b20-12-. The van der Waals surface area contributed by atoms with Gasteiger partial charge in [-0.25, -0.2) is 0 Å². The molecule has 2 rings (SSSR count). The number of nitrogens with one attached hydrogen (secondary N) is 2. The molecule has 0 aromatic heterocycles. The van der Waals surface area contributed by atoms with Crippen LogP contribution in [-0.4, -0.2) is 62.2 Å². The topological polar surface area (TPSA) is 58.1 Å². The van der Waals surface area contributed by atoms with Crippen LogP contribution in [0.25, 0.3) is 0 Å². The van der Waals surface area contributed by atoms with E-state index in [9.17, 15) is 8.78 Å². The first-order valence-electron chi connectivity index (χ1n) is 8.05. The van der Waals surface area contributed by atoms with Crippen LogP contribution in [0.3, 0.4) is 0 Å². The summed E-state index contributed by atoms with van der Waals surface area (Å²) >= 11 is 5.13. The second-order valence-corrected chi connectivity index (χ2v) is 5.79. The summed E-state index contributed by atoms with van der Waals surface area (Å²) in [5.74, 6) is 0.109. The Balaban J connectivity index is 1.59. The minimum atomic E-state index is -2.83. The van der Waals surface area contributed by atoms with Gasteiger partial charge in [0.05, 0.1) is 19.4 Å². The molecule has 0 amide bonds. The Bertz CT molecular complexity index is 552. The molecule has 0 aliphatic carbocycles. The molecule has 0 unspecified atom stereocenters. The van der Waals surface area contributed by atoms with E-state index in [1.807, 2.05) is 0 Å². The first-order chi connectivity index (χ1) is 12.1. The molecular weight excluding hydrogens is 350 g/mol. The number of hydrogen-bond acceptors (Lipinski definition) is 5. The quantitative estimate of drug-likeness (QED) is 0.314. The van der Waals surface area contributed by atoms with E-state index in [1.165, 1.54) is 12.1 Å². The van der Waals surface area contributed by atoms with Crippen LogP contribution in [0.5, 0.6) is 5.75 Å². The maximum Gasteiger partial charge on any atom is 0.387 e. The molecule has 138 valence electrons. The van der Waals surface area contributed by atoms with Crippen LogP contribution in [0.4, 0.5) is 8.78 Å². The van der Waals surface area contributed by atoms with E-state index in [2.05, 4.69) is 25.5 Å². The number of nitrogens with zero attached hydrogens (tertiary/aromatic N) is 2. The van der Waals surface area contributed by atoms with E-state index < -0.39 is 6.61 Å². The Morgan fingerprint density at radius 3 is 2.72 bits per heavy atom. The van der Waals surface area contributed by atoms with Crippen molar-refractivity contribution in [3.63, 3.8) is 0 Å². The van der Waals surface area contributed by atoms with E-state index >= 15 is 0 Å². The lowest BCUT2D eigenvalue weighted by atomic mass is 10.2. The third kappa shape index (κ3) is 8.19. The van der Waals surface area contributed by atoms with E-state index in [0.29, 0.717) is 5.11 Å². The molecule has 9 heteroatoms. The molecule has 0 bridgehead atoms. The summed E-state index contributed by atoms with van der Waals surface area (Å²) in [5.41, 5.74) is 3.46. The minimum Gasteiger partial charge on any atom is -0.435 e. The van der Waals surface area contributed by atoms with Crippen molar-refractivity contribution >= 4 is 23.5 Å². The normalized spacial score (nSPS) is 15.5. The predicted molar refractivity (Wildman–Crippen MR) is 96.3 cm³/mol. The molecule has 1 fully saturated rings. The summed E-state index contributed by atoms with van der Waals surface area (Å²) in [6, 6.07) is 6.16. The first-order valence-corrected chi connectivity index (χ1v) is 8.46. The van der Waals surface area contributed by atoms with Gasteiger partial charge < -0.3 is 14.8 Å². The molecule has 0 spiro atoms. The van der Waals surface area contributed by atoms with Gasteiger partial charge in [0.2, 0.25) is 0 Å². The van der Waals surface area contributed by atoms with Crippen LogP contribution in [-0.2, 0) is 4.74 Å². The second-order valence-electron chi connectivity index (χ2n) is 5.38. The maximum atomic E-state index is 12.1. The molecule has 25 heavy (non-hydrogen) atoms. The zero-order valence-corrected chi connectivity index (χ0v) is 14.6. The smallest absolute Gasteiger partial charge is 0.387 e. The summed E-state index contributed by atoms with van der Waals surface area (Å²) in [6.45, 7) is 2.51. The average molecular weight is 372 g/mol. The fourth-order valence-corrected chi connectivity index (χ4v) is 2.42. The van der Waals surface area contributed by atoms with Crippen LogP contribution >= 0.6 is 12.2 Å². The van der Waals surface area contributed by atoms with Crippen LogP contribution < -0.4 is 15.5 Å². The van der Waals surface area contributed by atoms with Crippen LogP contribution in [0.15, 0.2) is 29.4 Å². The second kappa shape index (κ2) is 10.9. The molecule has 2 N–H and O–H groups in total. The summed E-state index contributed by atoms with van der Waals surface area (Å²) in [4.78, 5) is 2.36. The van der Waals surface area contributed by atoms with Gasteiger partial charge in [-0.15, -0.1) is 0 Å². The highest BCUT2D eigenvalue weighted by molar-refractivity contribution is 7.80. The van der Waals surface area contributed by atoms with Gasteiger partial charge in [-0.1, -0.05) is 0 Å². The van der Waals surface area contributed by atoms with Gasteiger partial charge in [0.15, 0.2) is 5.11 Å².